The Morgan fingerprint density at radius 3 is 1.96 bits per heavy atom. The van der Waals surface area contributed by atoms with Crippen LogP contribution in [0.5, 0.6) is 23.0 Å². The molecular formula is C19H18N2O4. The number of benzene rings is 3. The van der Waals surface area contributed by atoms with Gasteiger partial charge >= 0.3 is 0 Å². The predicted molar refractivity (Wildman–Crippen MR) is 93.7 cm³/mol. The Bertz CT molecular complexity index is 1160. The van der Waals surface area contributed by atoms with Crippen molar-refractivity contribution >= 4 is 21.5 Å². The smallest absolute Gasteiger partial charge is 0.151 e. The van der Waals surface area contributed by atoms with Gasteiger partial charge in [-0.05, 0) is 37.1 Å². The molecule has 0 aromatic heterocycles. The SMILES string of the molecule is CCC1(CC)N=c2ccc3c(O)c4c(O)ccc(O)c4c(O)c3c2=N1. The summed E-state index contributed by atoms with van der Waals surface area (Å²) in [6.07, 6.45) is 1.43. The maximum absolute atomic E-state index is 10.8. The molecule has 0 saturated carbocycles. The minimum Gasteiger partial charge on any atom is -0.507 e. The fraction of sp³-hybridized carbons (Fsp3) is 0.263. The van der Waals surface area contributed by atoms with E-state index in [1.165, 1.54) is 12.1 Å². The monoisotopic (exact) mass is 338 g/mol. The van der Waals surface area contributed by atoms with Crippen LogP contribution in [0.3, 0.4) is 0 Å². The molecule has 0 amide bonds. The lowest BCUT2D eigenvalue weighted by atomic mass is 9.98. The molecule has 4 rings (SSSR count). The summed E-state index contributed by atoms with van der Waals surface area (Å²) in [6, 6.07) is 5.94. The molecule has 0 atom stereocenters. The summed E-state index contributed by atoms with van der Waals surface area (Å²) >= 11 is 0. The number of rotatable bonds is 2. The lowest BCUT2D eigenvalue weighted by molar-refractivity contribution is 0.416. The highest BCUT2D eigenvalue weighted by Gasteiger charge is 2.29. The van der Waals surface area contributed by atoms with Gasteiger partial charge in [0, 0.05) is 5.39 Å². The van der Waals surface area contributed by atoms with Crippen molar-refractivity contribution in [1.82, 2.24) is 0 Å². The maximum atomic E-state index is 10.8. The third-order valence-electron chi connectivity index (χ3n) is 5.06. The Morgan fingerprint density at radius 1 is 0.760 bits per heavy atom. The van der Waals surface area contributed by atoms with E-state index in [9.17, 15) is 20.4 Å². The average molecular weight is 338 g/mol. The van der Waals surface area contributed by atoms with Crippen molar-refractivity contribution in [2.24, 2.45) is 9.98 Å². The number of nitrogens with zero attached hydrogens (tertiary/aromatic N) is 2. The molecule has 6 heteroatoms. The zero-order valence-electron chi connectivity index (χ0n) is 13.9. The summed E-state index contributed by atoms with van der Waals surface area (Å²) in [5.74, 6) is -0.886. The first-order valence-electron chi connectivity index (χ1n) is 8.23. The second kappa shape index (κ2) is 4.99. The van der Waals surface area contributed by atoms with Gasteiger partial charge in [0.25, 0.3) is 0 Å². The summed E-state index contributed by atoms with van der Waals surface area (Å²) in [4.78, 5) is 9.42. The number of aromatic hydroxyl groups is 4. The van der Waals surface area contributed by atoms with Crippen molar-refractivity contribution in [3.05, 3.63) is 35.0 Å². The van der Waals surface area contributed by atoms with Crippen molar-refractivity contribution in [3.8, 4) is 23.0 Å². The van der Waals surface area contributed by atoms with E-state index < -0.39 is 5.66 Å². The molecule has 0 unspecified atom stereocenters. The molecule has 25 heavy (non-hydrogen) atoms. The Balaban J connectivity index is 2.29. The molecule has 0 aliphatic carbocycles. The van der Waals surface area contributed by atoms with Crippen LogP contribution in [0, 0.1) is 0 Å². The van der Waals surface area contributed by atoms with Crippen LogP contribution >= 0.6 is 0 Å². The molecule has 3 aromatic carbocycles. The second-order valence-corrected chi connectivity index (χ2v) is 6.32. The first-order chi connectivity index (χ1) is 11.9. The van der Waals surface area contributed by atoms with Crippen LogP contribution in [0.4, 0.5) is 0 Å². The molecule has 128 valence electrons. The largest absolute Gasteiger partial charge is 0.507 e. The van der Waals surface area contributed by atoms with Crippen LogP contribution < -0.4 is 10.7 Å². The zero-order chi connectivity index (χ0) is 17.9. The topological polar surface area (TPSA) is 106 Å². The van der Waals surface area contributed by atoms with Crippen LogP contribution in [0.2, 0.25) is 0 Å². The van der Waals surface area contributed by atoms with Crippen LogP contribution in [-0.2, 0) is 0 Å². The Kier molecular flexibility index (Phi) is 3.09. The van der Waals surface area contributed by atoms with Gasteiger partial charge in [0.2, 0.25) is 0 Å². The molecule has 1 heterocycles. The van der Waals surface area contributed by atoms with E-state index in [4.69, 9.17) is 4.99 Å². The Hall–Kier alpha value is -3.02. The average Bonchev–Trinajstić information content (AvgIpc) is 3.00. The molecule has 0 radical (unpaired) electrons. The minimum atomic E-state index is -0.575. The summed E-state index contributed by atoms with van der Waals surface area (Å²) in [5, 5.41) is 43.6. The number of phenols is 4. The Morgan fingerprint density at radius 2 is 1.36 bits per heavy atom. The molecule has 3 aromatic rings. The van der Waals surface area contributed by atoms with Crippen LogP contribution in [0.15, 0.2) is 34.3 Å². The lowest BCUT2D eigenvalue weighted by Crippen LogP contribution is -2.22. The normalized spacial score (nSPS) is 15.1. The number of hydrogen-bond acceptors (Lipinski definition) is 6. The summed E-state index contributed by atoms with van der Waals surface area (Å²) in [5.41, 5.74) is -0.575. The van der Waals surface area contributed by atoms with Gasteiger partial charge in [-0.1, -0.05) is 13.8 Å². The van der Waals surface area contributed by atoms with Gasteiger partial charge in [-0.25, -0.2) is 0 Å². The van der Waals surface area contributed by atoms with Gasteiger partial charge in [0.15, 0.2) is 5.66 Å². The highest BCUT2D eigenvalue weighted by atomic mass is 16.3. The van der Waals surface area contributed by atoms with E-state index in [0.29, 0.717) is 34.3 Å². The zero-order valence-corrected chi connectivity index (χ0v) is 13.9. The van der Waals surface area contributed by atoms with E-state index in [1.54, 1.807) is 12.1 Å². The van der Waals surface area contributed by atoms with E-state index >= 15 is 0 Å². The van der Waals surface area contributed by atoms with E-state index in [0.717, 1.165) is 0 Å². The molecule has 6 nitrogen and oxygen atoms in total. The fourth-order valence-electron chi connectivity index (χ4n) is 3.56. The first-order valence-corrected chi connectivity index (χ1v) is 8.23. The third kappa shape index (κ3) is 1.91. The van der Waals surface area contributed by atoms with E-state index in [2.05, 4.69) is 4.99 Å². The number of hydrogen-bond donors (Lipinski definition) is 4. The quantitative estimate of drug-likeness (QED) is 0.426. The van der Waals surface area contributed by atoms with Gasteiger partial charge in [0.05, 0.1) is 26.9 Å². The fourth-order valence-corrected chi connectivity index (χ4v) is 3.56. The third-order valence-corrected chi connectivity index (χ3v) is 5.06. The van der Waals surface area contributed by atoms with Crippen LogP contribution in [-0.4, -0.2) is 26.1 Å². The predicted octanol–water partition coefficient (Wildman–Crippen LogP) is 2.58. The first kappa shape index (κ1) is 15.5. The Labute approximate surface area is 143 Å². The van der Waals surface area contributed by atoms with Crippen molar-refractivity contribution in [2.45, 2.75) is 32.4 Å². The van der Waals surface area contributed by atoms with Crippen molar-refractivity contribution in [2.75, 3.05) is 0 Å². The molecule has 1 aliphatic heterocycles. The van der Waals surface area contributed by atoms with E-state index in [-0.39, 0.29) is 33.8 Å². The number of fused-ring (bicyclic) bond motifs is 4. The summed E-state index contributed by atoms with van der Waals surface area (Å²) in [6.45, 7) is 4.00. The lowest BCUT2D eigenvalue weighted by Gasteiger charge is -2.18. The van der Waals surface area contributed by atoms with Gasteiger partial charge in [-0.15, -0.1) is 0 Å². The molecular weight excluding hydrogens is 320 g/mol. The highest BCUT2D eigenvalue weighted by Crippen LogP contribution is 2.47. The standard InChI is InChI=1S/C19H18N2O4/c1-3-19(4-2)20-10-6-5-9-13(16(10)21-19)18(25)15-12(23)8-7-11(22)14(15)17(9)24/h5-8,22-25H,3-4H2,1-2H3. The minimum absolute atomic E-state index is 0.000836. The van der Waals surface area contributed by atoms with Crippen molar-refractivity contribution in [1.29, 1.82) is 0 Å². The van der Waals surface area contributed by atoms with Gasteiger partial charge < -0.3 is 20.4 Å². The van der Waals surface area contributed by atoms with Crippen LogP contribution in [0.25, 0.3) is 21.5 Å². The molecule has 4 N–H and O–H groups in total. The van der Waals surface area contributed by atoms with Gasteiger partial charge in [0.1, 0.15) is 23.0 Å². The van der Waals surface area contributed by atoms with Gasteiger partial charge in [-0.3, -0.25) is 9.98 Å². The molecule has 0 spiro atoms. The van der Waals surface area contributed by atoms with E-state index in [1.807, 2.05) is 13.8 Å². The molecule has 0 fully saturated rings. The summed E-state index contributed by atoms with van der Waals surface area (Å²) < 4.78 is 0. The van der Waals surface area contributed by atoms with Crippen molar-refractivity contribution < 1.29 is 20.4 Å². The molecule has 0 saturated heterocycles. The van der Waals surface area contributed by atoms with Gasteiger partial charge in [-0.2, -0.15) is 0 Å². The van der Waals surface area contributed by atoms with Crippen LogP contribution in [0.1, 0.15) is 26.7 Å². The molecule has 1 aliphatic rings. The van der Waals surface area contributed by atoms with Crippen molar-refractivity contribution in [3.63, 3.8) is 0 Å². The number of phenolic OH excluding ortho intramolecular Hbond substituents is 4. The highest BCUT2D eigenvalue weighted by molar-refractivity contribution is 6.14. The summed E-state index contributed by atoms with van der Waals surface area (Å²) in [7, 11) is 0. The maximum Gasteiger partial charge on any atom is 0.151 e. The second-order valence-electron chi connectivity index (χ2n) is 6.32. The molecule has 0 bridgehead atoms.